The van der Waals surface area contributed by atoms with Gasteiger partial charge in [0, 0.05) is 50.3 Å². The molecular weight excluding hydrogens is 300 g/mol. The van der Waals surface area contributed by atoms with Crippen molar-refractivity contribution in [1.29, 1.82) is 0 Å². The Labute approximate surface area is 141 Å². The van der Waals surface area contributed by atoms with Gasteiger partial charge in [0.25, 0.3) is 0 Å². The van der Waals surface area contributed by atoms with Gasteiger partial charge in [-0.05, 0) is 18.6 Å². The number of aromatic nitrogens is 5. The first-order valence-corrected chi connectivity index (χ1v) is 8.54. The largest absolute Gasteiger partial charge is 0.348 e. The lowest BCUT2D eigenvalue weighted by atomic mass is 10.0. The molecule has 1 N–H and O–H groups in total. The van der Waals surface area contributed by atoms with Gasteiger partial charge >= 0.3 is 0 Å². The topological polar surface area (TPSA) is 62.6 Å². The van der Waals surface area contributed by atoms with Crippen molar-refractivity contribution >= 4 is 0 Å². The molecule has 1 aliphatic rings. The molecule has 1 aliphatic heterocycles. The number of nitrogens with one attached hydrogen (secondary N) is 1. The summed E-state index contributed by atoms with van der Waals surface area (Å²) in [7, 11) is 0. The van der Waals surface area contributed by atoms with E-state index < -0.39 is 0 Å². The molecule has 0 amide bonds. The van der Waals surface area contributed by atoms with Crippen LogP contribution in [0, 0.1) is 0 Å². The molecule has 4 rings (SSSR count). The summed E-state index contributed by atoms with van der Waals surface area (Å²) >= 11 is 0. The second kappa shape index (κ2) is 6.57. The van der Waals surface area contributed by atoms with E-state index in [9.17, 15) is 0 Å². The lowest BCUT2D eigenvalue weighted by molar-refractivity contribution is 0.187. The van der Waals surface area contributed by atoms with Gasteiger partial charge in [0.1, 0.15) is 11.9 Å². The van der Waals surface area contributed by atoms with Crippen LogP contribution in [0.2, 0.25) is 0 Å². The summed E-state index contributed by atoms with van der Waals surface area (Å²) in [4.78, 5) is 19.5. The van der Waals surface area contributed by atoms with E-state index in [4.69, 9.17) is 0 Å². The summed E-state index contributed by atoms with van der Waals surface area (Å²) in [6, 6.07) is 6.15. The summed E-state index contributed by atoms with van der Waals surface area (Å²) in [6.45, 7) is 4.94. The third kappa shape index (κ3) is 2.73. The molecule has 6 heteroatoms. The number of hydrogen-bond donors (Lipinski definition) is 1. The van der Waals surface area contributed by atoms with Crippen molar-refractivity contribution in [2.24, 2.45) is 0 Å². The minimum absolute atomic E-state index is 0.0727. The van der Waals surface area contributed by atoms with Gasteiger partial charge in [-0.1, -0.05) is 13.0 Å². The maximum absolute atomic E-state index is 4.68. The fraction of sp³-hybridized carbons (Fsp3) is 0.389. The van der Waals surface area contributed by atoms with Gasteiger partial charge in [-0.25, -0.2) is 9.97 Å². The van der Waals surface area contributed by atoms with E-state index in [1.165, 1.54) is 5.69 Å². The Bertz CT molecular complexity index is 791. The Hall–Kier alpha value is -2.47. The zero-order valence-electron chi connectivity index (χ0n) is 13.9. The smallest absolute Gasteiger partial charge is 0.132 e. The fourth-order valence-electron chi connectivity index (χ4n) is 3.48. The number of nitrogens with zero attached hydrogens (tertiary/aromatic N) is 5. The lowest BCUT2D eigenvalue weighted by Crippen LogP contribution is -2.37. The quantitative estimate of drug-likeness (QED) is 0.784. The Balaban J connectivity index is 1.72. The van der Waals surface area contributed by atoms with Crippen LogP contribution in [0.25, 0.3) is 0 Å². The highest BCUT2D eigenvalue weighted by molar-refractivity contribution is 5.26. The molecule has 24 heavy (non-hydrogen) atoms. The Kier molecular flexibility index (Phi) is 4.13. The highest BCUT2D eigenvalue weighted by Crippen LogP contribution is 2.33. The average molecular weight is 322 g/mol. The molecule has 3 aromatic heterocycles. The highest BCUT2D eigenvalue weighted by atomic mass is 15.2. The summed E-state index contributed by atoms with van der Waals surface area (Å²) < 4.78 is 2.25. The molecule has 0 unspecified atom stereocenters. The predicted molar refractivity (Wildman–Crippen MR) is 91.3 cm³/mol. The van der Waals surface area contributed by atoms with Crippen molar-refractivity contribution in [3.63, 3.8) is 0 Å². The van der Waals surface area contributed by atoms with E-state index >= 15 is 0 Å². The van der Waals surface area contributed by atoms with Crippen LogP contribution in [0.15, 0.2) is 43.1 Å². The molecular formula is C18H22N6. The summed E-state index contributed by atoms with van der Waals surface area (Å²) in [5.41, 5.74) is 3.40. The molecule has 0 saturated heterocycles. The monoisotopic (exact) mass is 322 g/mol. The Morgan fingerprint density at radius 3 is 3.00 bits per heavy atom. The second-order valence-electron chi connectivity index (χ2n) is 6.19. The molecule has 0 spiro atoms. The molecule has 124 valence electrons. The predicted octanol–water partition coefficient (Wildman–Crippen LogP) is 2.56. The Morgan fingerprint density at radius 1 is 1.21 bits per heavy atom. The van der Waals surface area contributed by atoms with E-state index in [0.29, 0.717) is 0 Å². The normalized spacial score (nSPS) is 17.8. The van der Waals surface area contributed by atoms with Crippen LogP contribution in [0.1, 0.15) is 42.3 Å². The molecule has 0 bridgehead atoms. The van der Waals surface area contributed by atoms with E-state index in [1.54, 1.807) is 6.33 Å². The van der Waals surface area contributed by atoms with Crippen LogP contribution in [0.4, 0.5) is 0 Å². The van der Waals surface area contributed by atoms with Gasteiger partial charge in [0.2, 0.25) is 0 Å². The summed E-state index contributed by atoms with van der Waals surface area (Å²) in [5.74, 6) is 1.07. The van der Waals surface area contributed by atoms with Crippen molar-refractivity contribution in [1.82, 2.24) is 29.4 Å². The number of hydrogen-bond acceptors (Lipinski definition) is 4. The first-order valence-electron chi connectivity index (χ1n) is 8.54. The van der Waals surface area contributed by atoms with Gasteiger partial charge in [0.15, 0.2) is 0 Å². The zero-order valence-corrected chi connectivity index (χ0v) is 13.9. The second-order valence-corrected chi connectivity index (χ2v) is 6.19. The zero-order chi connectivity index (χ0) is 16.4. The number of aryl methyl sites for hydroxylation is 1. The third-order valence-electron chi connectivity index (χ3n) is 4.57. The number of fused-ring (bicyclic) bond motifs is 1. The molecule has 0 radical (unpaired) electrons. The van der Waals surface area contributed by atoms with Crippen molar-refractivity contribution < 1.29 is 0 Å². The maximum Gasteiger partial charge on any atom is 0.132 e. The Morgan fingerprint density at radius 2 is 2.17 bits per heavy atom. The molecule has 3 aromatic rings. The first-order chi connectivity index (χ1) is 11.9. The van der Waals surface area contributed by atoms with Crippen LogP contribution in [-0.4, -0.2) is 35.9 Å². The van der Waals surface area contributed by atoms with Crippen molar-refractivity contribution in [3.05, 3.63) is 66.0 Å². The first kappa shape index (κ1) is 15.1. The van der Waals surface area contributed by atoms with Crippen LogP contribution >= 0.6 is 0 Å². The minimum Gasteiger partial charge on any atom is -0.348 e. The van der Waals surface area contributed by atoms with Crippen molar-refractivity contribution in [3.8, 4) is 0 Å². The van der Waals surface area contributed by atoms with Gasteiger partial charge in [-0.3, -0.25) is 9.88 Å². The molecule has 0 aliphatic carbocycles. The summed E-state index contributed by atoms with van der Waals surface area (Å²) in [5, 5.41) is 0. The van der Waals surface area contributed by atoms with E-state index in [-0.39, 0.29) is 6.04 Å². The average Bonchev–Trinajstić information content (AvgIpc) is 3.25. The standard InChI is InChI=1S/C18H22N6/c1-2-9-23-11-8-20-18(23)17-16-15(21-13-22-16)6-10-24(17)12-14-5-3-4-7-19-14/h3-5,7-8,11,13,17H,2,6,9-10,12H2,1H3,(H,21,22)/t17-/m0/s1. The minimum atomic E-state index is 0.0727. The van der Waals surface area contributed by atoms with Gasteiger partial charge in [-0.2, -0.15) is 0 Å². The van der Waals surface area contributed by atoms with Gasteiger partial charge in [-0.15, -0.1) is 0 Å². The van der Waals surface area contributed by atoms with Crippen LogP contribution in [0.5, 0.6) is 0 Å². The fourth-order valence-corrected chi connectivity index (χ4v) is 3.48. The number of imidazole rings is 2. The highest BCUT2D eigenvalue weighted by Gasteiger charge is 2.33. The van der Waals surface area contributed by atoms with Crippen molar-refractivity contribution in [2.75, 3.05) is 6.54 Å². The van der Waals surface area contributed by atoms with Crippen LogP contribution in [-0.2, 0) is 19.5 Å². The van der Waals surface area contributed by atoms with Crippen LogP contribution in [0.3, 0.4) is 0 Å². The third-order valence-corrected chi connectivity index (χ3v) is 4.57. The molecule has 1 atom stereocenters. The summed E-state index contributed by atoms with van der Waals surface area (Å²) in [6.07, 6.45) is 9.68. The molecule has 0 saturated carbocycles. The van der Waals surface area contributed by atoms with E-state index in [2.05, 4.69) is 48.6 Å². The molecule has 0 fully saturated rings. The van der Waals surface area contributed by atoms with Gasteiger partial charge in [0.05, 0.1) is 17.7 Å². The van der Waals surface area contributed by atoms with E-state index in [1.807, 2.05) is 24.5 Å². The molecule has 4 heterocycles. The van der Waals surface area contributed by atoms with E-state index in [0.717, 1.165) is 49.7 Å². The van der Waals surface area contributed by atoms with Crippen LogP contribution < -0.4 is 0 Å². The SMILES string of the molecule is CCCn1ccnc1[C@@H]1c2nc[nH]c2CCN1Cc1ccccn1. The van der Waals surface area contributed by atoms with Crippen molar-refractivity contribution in [2.45, 2.75) is 38.9 Å². The maximum atomic E-state index is 4.68. The number of pyridine rings is 1. The molecule has 6 nitrogen and oxygen atoms in total. The number of H-pyrrole nitrogens is 1. The number of aromatic amines is 1. The number of rotatable bonds is 5. The molecule has 0 aromatic carbocycles. The van der Waals surface area contributed by atoms with Gasteiger partial charge < -0.3 is 9.55 Å². The lowest BCUT2D eigenvalue weighted by Gasteiger charge is -2.34.